The van der Waals surface area contributed by atoms with Crippen LogP contribution in [-0.2, 0) is 9.59 Å². The number of Topliss-reactive ketones (excluding diaryl/α,β-unsaturated/α-hetero) is 1. The summed E-state index contributed by atoms with van der Waals surface area (Å²) in [4.78, 5) is 42.6. The van der Waals surface area contributed by atoms with Gasteiger partial charge in [0, 0.05) is 24.1 Å². The number of nitrogens with zero attached hydrogens (tertiary/aromatic N) is 3. The zero-order valence-corrected chi connectivity index (χ0v) is 14.0. The first kappa shape index (κ1) is 15.1. The molecular weight excluding hydrogens is 330 g/mol. The van der Waals surface area contributed by atoms with Crippen molar-refractivity contribution in [2.75, 3.05) is 0 Å². The van der Waals surface area contributed by atoms with E-state index in [4.69, 9.17) is 0 Å². The minimum absolute atomic E-state index is 0.0382. The molecule has 2 aromatic heterocycles. The van der Waals surface area contributed by atoms with Crippen LogP contribution in [0.15, 0.2) is 18.2 Å². The van der Waals surface area contributed by atoms with Gasteiger partial charge in [0.2, 0.25) is 5.91 Å². The number of hydrogen-bond donors (Lipinski definition) is 1. The van der Waals surface area contributed by atoms with Gasteiger partial charge in [0.05, 0.1) is 10.9 Å². The van der Waals surface area contributed by atoms with Crippen molar-refractivity contribution in [3.8, 4) is 0 Å². The van der Waals surface area contributed by atoms with Crippen molar-refractivity contribution >= 4 is 39.4 Å². The number of imidazole rings is 1. The Bertz CT molecular complexity index is 936. The van der Waals surface area contributed by atoms with Crippen molar-refractivity contribution in [1.29, 1.82) is 0 Å². The fourth-order valence-corrected chi connectivity index (χ4v) is 4.39. The van der Waals surface area contributed by atoms with Crippen LogP contribution in [0, 0.1) is 5.92 Å². The molecule has 4 heterocycles. The number of carboxylic acids is 1. The minimum atomic E-state index is -1.09. The maximum Gasteiger partial charge on any atom is 0.352 e. The fraction of sp³-hybridized carbons (Fsp3) is 0.375. The van der Waals surface area contributed by atoms with Crippen molar-refractivity contribution < 1.29 is 19.5 Å². The highest BCUT2D eigenvalue weighted by Crippen LogP contribution is 2.44. The van der Waals surface area contributed by atoms with Gasteiger partial charge in [-0.1, -0.05) is 13.8 Å². The second kappa shape index (κ2) is 5.01. The number of fused-ring (bicyclic) bond motifs is 2. The van der Waals surface area contributed by atoms with Crippen molar-refractivity contribution in [2.24, 2.45) is 5.92 Å². The Morgan fingerprint density at radius 3 is 2.75 bits per heavy atom. The molecule has 0 radical (unpaired) electrons. The van der Waals surface area contributed by atoms with E-state index in [1.807, 2.05) is 13.8 Å². The minimum Gasteiger partial charge on any atom is -0.477 e. The molecular formula is C16H15N3O4S. The molecule has 2 aromatic rings. The molecule has 0 saturated carbocycles. The van der Waals surface area contributed by atoms with Crippen LogP contribution >= 0.6 is 11.3 Å². The number of amides is 1. The first-order chi connectivity index (χ1) is 11.4. The van der Waals surface area contributed by atoms with E-state index in [9.17, 15) is 19.5 Å². The summed E-state index contributed by atoms with van der Waals surface area (Å²) in [6.07, 6.45) is 4.29. The molecule has 0 spiro atoms. The Labute approximate surface area is 141 Å². The summed E-state index contributed by atoms with van der Waals surface area (Å²) < 4.78 is 1.75. The zero-order chi connectivity index (χ0) is 17.2. The third-order valence-corrected chi connectivity index (χ3v) is 5.65. The largest absolute Gasteiger partial charge is 0.477 e. The lowest BCUT2D eigenvalue weighted by Gasteiger charge is -2.35. The van der Waals surface area contributed by atoms with Crippen LogP contribution in [0.5, 0.6) is 0 Å². The molecule has 124 valence electrons. The summed E-state index contributed by atoms with van der Waals surface area (Å²) in [5.74, 6) is -1.43. The monoisotopic (exact) mass is 345 g/mol. The van der Waals surface area contributed by atoms with E-state index in [0.29, 0.717) is 28.9 Å². The molecule has 1 atom stereocenters. The third kappa shape index (κ3) is 1.96. The van der Waals surface area contributed by atoms with E-state index < -0.39 is 5.97 Å². The van der Waals surface area contributed by atoms with Crippen molar-refractivity contribution in [3.63, 3.8) is 0 Å². The Balaban J connectivity index is 1.82. The molecule has 1 saturated heterocycles. The molecule has 1 amide bonds. The number of aliphatic carboxylic acids is 1. The molecule has 2 aliphatic rings. The summed E-state index contributed by atoms with van der Waals surface area (Å²) >= 11 is 1.35. The maximum atomic E-state index is 12.3. The Hall–Kier alpha value is -2.48. The molecule has 0 aliphatic carbocycles. The first-order valence-corrected chi connectivity index (χ1v) is 8.49. The first-order valence-electron chi connectivity index (χ1n) is 7.68. The number of hydrogen-bond acceptors (Lipinski definition) is 5. The van der Waals surface area contributed by atoms with Gasteiger partial charge in [0.25, 0.3) is 0 Å². The lowest BCUT2D eigenvalue weighted by Crippen LogP contribution is -2.49. The van der Waals surface area contributed by atoms with Gasteiger partial charge in [-0.2, -0.15) is 0 Å². The second-order valence-corrected chi connectivity index (χ2v) is 7.41. The number of β-lactam (4-membered cyclic amide) rings is 1. The number of ketones is 1. The smallest absolute Gasteiger partial charge is 0.352 e. The topological polar surface area (TPSA) is 92.0 Å². The van der Waals surface area contributed by atoms with E-state index in [-0.39, 0.29) is 29.3 Å². The highest BCUT2D eigenvalue weighted by molar-refractivity contribution is 7.18. The highest BCUT2D eigenvalue weighted by Gasteiger charge is 2.48. The molecule has 24 heavy (non-hydrogen) atoms. The van der Waals surface area contributed by atoms with E-state index in [0.717, 1.165) is 4.88 Å². The van der Waals surface area contributed by atoms with E-state index in [2.05, 4.69) is 4.98 Å². The summed E-state index contributed by atoms with van der Waals surface area (Å²) in [7, 11) is 0. The van der Waals surface area contributed by atoms with Crippen LogP contribution in [0.25, 0.3) is 10.4 Å². The Morgan fingerprint density at radius 1 is 1.38 bits per heavy atom. The number of aromatic nitrogens is 2. The third-order valence-electron chi connectivity index (χ3n) is 4.48. The molecule has 7 nitrogen and oxygen atoms in total. The van der Waals surface area contributed by atoms with Crippen molar-refractivity contribution in [3.05, 3.63) is 28.8 Å². The van der Waals surface area contributed by atoms with Gasteiger partial charge in [0.15, 0.2) is 5.78 Å². The summed E-state index contributed by atoms with van der Waals surface area (Å²) in [5.41, 5.74) is 1.15. The maximum absolute atomic E-state index is 12.3. The van der Waals surface area contributed by atoms with Gasteiger partial charge < -0.3 is 10.0 Å². The molecule has 8 heteroatoms. The molecule has 2 aliphatic heterocycles. The van der Waals surface area contributed by atoms with Crippen LogP contribution in [0.2, 0.25) is 0 Å². The normalized spacial score (nSPS) is 20.0. The molecule has 4 rings (SSSR count). The fourth-order valence-electron chi connectivity index (χ4n) is 3.26. The van der Waals surface area contributed by atoms with Gasteiger partial charge in [-0.15, -0.1) is 11.3 Å². The lowest BCUT2D eigenvalue weighted by atomic mass is 10.0. The molecule has 0 aromatic carbocycles. The van der Waals surface area contributed by atoms with Crippen LogP contribution < -0.4 is 0 Å². The van der Waals surface area contributed by atoms with Crippen LogP contribution in [0.1, 0.15) is 42.1 Å². The van der Waals surface area contributed by atoms with E-state index in [1.165, 1.54) is 16.2 Å². The average Bonchev–Trinajstić information content (AvgIpc) is 3.15. The predicted octanol–water partition coefficient (Wildman–Crippen LogP) is 2.03. The Morgan fingerprint density at radius 2 is 2.12 bits per heavy atom. The standard InChI is InChI=1S/C16H15N3O4S/c1-7(2)14(21)12-15-18(6-17-12)5-10(24-15)9-3-8-4-11(20)19(8)13(9)16(22)23/h5-8H,3-4H2,1-2H3,(H,22,23)/t8-/m1/s1. The molecule has 0 unspecified atom stereocenters. The molecule has 1 fully saturated rings. The van der Waals surface area contributed by atoms with Crippen molar-refractivity contribution in [2.45, 2.75) is 32.7 Å². The van der Waals surface area contributed by atoms with Crippen LogP contribution in [0.4, 0.5) is 0 Å². The molecule has 1 N–H and O–H groups in total. The van der Waals surface area contributed by atoms with Crippen LogP contribution in [0.3, 0.4) is 0 Å². The van der Waals surface area contributed by atoms with E-state index >= 15 is 0 Å². The highest BCUT2D eigenvalue weighted by atomic mass is 32.1. The van der Waals surface area contributed by atoms with Gasteiger partial charge in [-0.05, 0) is 6.42 Å². The van der Waals surface area contributed by atoms with Gasteiger partial charge in [-0.3, -0.25) is 14.0 Å². The zero-order valence-electron chi connectivity index (χ0n) is 13.1. The number of thiazole rings is 1. The van der Waals surface area contributed by atoms with Gasteiger partial charge in [0.1, 0.15) is 22.5 Å². The van der Waals surface area contributed by atoms with Crippen molar-refractivity contribution in [1.82, 2.24) is 14.3 Å². The average molecular weight is 345 g/mol. The van der Waals surface area contributed by atoms with E-state index in [1.54, 1.807) is 16.9 Å². The quantitative estimate of drug-likeness (QED) is 0.676. The number of carboxylic acid groups (broad SMARTS) is 1. The molecule has 0 bridgehead atoms. The SMILES string of the molecule is CC(C)C(=O)c1ncn2cc(C3=C(C(=O)O)N4C(=O)C[C@H]4C3)sc12. The van der Waals surface area contributed by atoms with Gasteiger partial charge >= 0.3 is 5.97 Å². The summed E-state index contributed by atoms with van der Waals surface area (Å²) in [6, 6.07) is -0.0463. The number of rotatable bonds is 4. The lowest BCUT2D eigenvalue weighted by molar-refractivity contribution is -0.147. The number of carbonyl (C=O) groups excluding carboxylic acids is 2. The van der Waals surface area contributed by atoms with Gasteiger partial charge in [-0.25, -0.2) is 9.78 Å². The summed E-state index contributed by atoms with van der Waals surface area (Å²) in [6.45, 7) is 3.64. The van der Waals surface area contributed by atoms with Crippen LogP contribution in [-0.4, -0.2) is 43.1 Å². The predicted molar refractivity (Wildman–Crippen MR) is 86.7 cm³/mol. The number of carbonyl (C=O) groups is 3. The second-order valence-electron chi connectivity index (χ2n) is 6.38. The Kier molecular flexibility index (Phi) is 3.14. The summed E-state index contributed by atoms with van der Waals surface area (Å²) in [5, 5.41) is 9.51.